The van der Waals surface area contributed by atoms with Crippen LogP contribution < -0.4 is 25.8 Å². The molecule has 0 bridgehead atoms. The summed E-state index contributed by atoms with van der Waals surface area (Å²) in [5.74, 6) is -0.168. The molecule has 0 aromatic carbocycles. The van der Waals surface area contributed by atoms with E-state index in [-0.39, 0.29) is 36.4 Å². The van der Waals surface area contributed by atoms with Gasteiger partial charge in [-0.05, 0) is 49.6 Å². The van der Waals surface area contributed by atoms with Crippen molar-refractivity contribution in [2.24, 2.45) is 0 Å². The maximum Gasteiger partial charge on any atom is 0.270 e. The molecule has 3 aliphatic heterocycles. The van der Waals surface area contributed by atoms with Gasteiger partial charge in [0, 0.05) is 83.5 Å². The molecule has 7 heterocycles. The van der Waals surface area contributed by atoms with Gasteiger partial charge in [-0.3, -0.25) is 29.4 Å². The van der Waals surface area contributed by atoms with E-state index in [1.807, 2.05) is 24.4 Å². The molecule has 4 amide bonds. The molecule has 3 saturated heterocycles. The van der Waals surface area contributed by atoms with Crippen molar-refractivity contribution in [2.75, 3.05) is 68.5 Å². The van der Waals surface area contributed by atoms with Crippen LogP contribution in [0.2, 0.25) is 0 Å². The van der Waals surface area contributed by atoms with Crippen LogP contribution in [0.4, 0.5) is 23.1 Å². The summed E-state index contributed by atoms with van der Waals surface area (Å²) in [6.45, 7) is 5.47. The fraction of sp³-hybridized carbons (Fsp3) is 0.459. The zero-order chi connectivity index (χ0) is 36.6. The average Bonchev–Trinajstić information content (AvgIpc) is 3.81. The summed E-state index contributed by atoms with van der Waals surface area (Å²) in [6.07, 6.45) is 10.2. The number of piperazine rings is 1. The zero-order valence-electron chi connectivity index (χ0n) is 30.0. The lowest BCUT2D eigenvalue weighted by molar-refractivity contribution is -0.134. The Hall–Kier alpha value is -5.64. The Morgan fingerprint density at radius 3 is 2.26 bits per heavy atom. The normalized spacial score (nSPS) is 20.0. The van der Waals surface area contributed by atoms with Crippen molar-refractivity contribution < 1.29 is 19.2 Å². The molecule has 53 heavy (non-hydrogen) atoms. The van der Waals surface area contributed by atoms with E-state index in [1.54, 1.807) is 37.5 Å². The van der Waals surface area contributed by atoms with E-state index < -0.39 is 17.9 Å². The van der Waals surface area contributed by atoms with Crippen molar-refractivity contribution in [2.45, 2.75) is 56.7 Å². The molecule has 16 nitrogen and oxygen atoms in total. The van der Waals surface area contributed by atoms with Gasteiger partial charge in [0.2, 0.25) is 17.8 Å². The number of anilines is 4. The number of hydrogen-bond acceptors (Lipinski definition) is 12. The lowest BCUT2D eigenvalue weighted by Crippen LogP contribution is -2.63. The monoisotopic (exact) mass is 720 g/mol. The van der Waals surface area contributed by atoms with Crippen LogP contribution in [0.25, 0.3) is 11.0 Å². The van der Waals surface area contributed by atoms with E-state index in [4.69, 9.17) is 4.98 Å². The molecular formula is C37H44N12O4. The van der Waals surface area contributed by atoms with Crippen LogP contribution in [0.3, 0.4) is 0 Å². The minimum Gasteiger partial charge on any atom is -0.368 e. The second-order valence-corrected chi connectivity index (χ2v) is 14.5. The molecule has 8 rings (SSSR count). The van der Waals surface area contributed by atoms with E-state index in [9.17, 15) is 19.2 Å². The van der Waals surface area contributed by atoms with Gasteiger partial charge in [0.15, 0.2) is 0 Å². The smallest absolute Gasteiger partial charge is 0.270 e. The first-order valence-corrected chi connectivity index (χ1v) is 18.4. The number of pyridine rings is 2. The Labute approximate surface area is 307 Å². The molecule has 1 saturated carbocycles. The fourth-order valence-corrected chi connectivity index (χ4v) is 7.77. The van der Waals surface area contributed by atoms with Crippen LogP contribution in [0.15, 0.2) is 48.9 Å². The van der Waals surface area contributed by atoms with Crippen molar-refractivity contribution >= 4 is 57.8 Å². The molecule has 4 aromatic heterocycles. The van der Waals surface area contributed by atoms with Gasteiger partial charge in [0.25, 0.3) is 11.8 Å². The predicted molar refractivity (Wildman–Crippen MR) is 198 cm³/mol. The molecule has 1 aliphatic carbocycles. The van der Waals surface area contributed by atoms with E-state index in [2.05, 4.69) is 56.2 Å². The summed E-state index contributed by atoms with van der Waals surface area (Å²) in [5.41, 5.74) is 3.68. The third-order valence-corrected chi connectivity index (χ3v) is 10.8. The van der Waals surface area contributed by atoms with Crippen molar-refractivity contribution in [3.05, 3.63) is 60.3 Å². The zero-order valence-corrected chi connectivity index (χ0v) is 30.0. The van der Waals surface area contributed by atoms with Crippen LogP contribution in [0, 0.1) is 0 Å². The maximum absolute atomic E-state index is 13.0. The maximum atomic E-state index is 13.0. The topological polar surface area (TPSA) is 174 Å². The molecular weight excluding hydrogens is 676 g/mol. The number of piperidine rings is 1. The predicted octanol–water partition coefficient (Wildman–Crippen LogP) is 2.33. The van der Waals surface area contributed by atoms with E-state index in [1.165, 1.54) is 0 Å². The van der Waals surface area contributed by atoms with Crippen molar-refractivity contribution in [3.63, 3.8) is 0 Å². The van der Waals surface area contributed by atoms with Crippen LogP contribution in [0.1, 0.15) is 65.5 Å². The summed E-state index contributed by atoms with van der Waals surface area (Å²) < 4.78 is 2.11. The number of carbonyl (C=O) groups is 4. The first-order valence-electron chi connectivity index (χ1n) is 18.4. The van der Waals surface area contributed by atoms with Crippen molar-refractivity contribution in [1.29, 1.82) is 0 Å². The lowest BCUT2D eigenvalue weighted by Gasteiger charge is -2.49. The van der Waals surface area contributed by atoms with Gasteiger partial charge in [0.05, 0.1) is 23.8 Å². The highest BCUT2D eigenvalue weighted by Crippen LogP contribution is 2.35. The first kappa shape index (κ1) is 34.4. The summed E-state index contributed by atoms with van der Waals surface area (Å²) in [6, 6.07) is 9.45. The number of aromatic nitrogens is 5. The highest BCUT2D eigenvalue weighted by molar-refractivity contribution is 6.03. The van der Waals surface area contributed by atoms with Gasteiger partial charge in [-0.15, -0.1) is 0 Å². The van der Waals surface area contributed by atoms with Gasteiger partial charge < -0.3 is 29.9 Å². The van der Waals surface area contributed by atoms with Gasteiger partial charge in [0.1, 0.15) is 28.9 Å². The second kappa shape index (κ2) is 14.4. The van der Waals surface area contributed by atoms with E-state index in [0.717, 1.165) is 87.4 Å². The molecule has 4 fully saturated rings. The van der Waals surface area contributed by atoms with E-state index in [0.29, 0.717) is 23.5 Å². The molecule has 276 valence electrons. The Morgan fingerprint density at radius 1 is 0.849 bits per heavy atom. The second-order valence-electron chi connectivity index (χ2n) is 14.5. The summed E-state index contributed by atoms with van der Waals surface area (Å²) in [7, 11) is 3.55. The minimum absolute atomic E-state index is 0.0313. The highest BCUT2D eigenvalue weighted by atomic mass is 16.2. The van der Waals surface area contributed by atoms with Crippen molar-refractivity contribution in [3.8, 4) is 0 Å². The summed E-state index contributed by atoms with van der Waals surface area (Å²) in [4.78, 5) is 76.2. The number of imide groups is 1. The molecule has 0 spiro atoms. The number of amides is 4. The molecule has 4 aliphatic rings. The molecule has 0 radical (unpaired) electrons. The van der Waals surface area contributed by atoms with Gasteiger partial charge in [-0.2, -0.15) is 4.98 Å². The largest absolute Gasteiger partial charge is 0.368 e. The summed E-state index contributed by atoms with van der Waals surface area (Å²) >= 11 is 0. The van der Waals surface area contributed by atoms with Crippen LogP contribution in [-0.2, 0) is 9.59 Å². The molecule has 16 heteroatoms. The Balaban J connectivity index is 0.824. The number of hydrogen-bond donors (Lipinski definition) is 3. The standard InChI is InChI=1S/C37H44N12O4/c1-45(2)36(53)30-17-23-18-40-37(44-33(23)49(30)24-5-3-4-6-24)42-31-11-8-25(20-39-31)46-13-15-47(16-14-46)27-21-48(22-27)26-7-9-28(38-19-26)34(51)41-29-10-12-32(50)43-35(29)52/h7-9,11,17-20,24,27,29H,3-6,10,12-16,21-22H2,1-2H3,(H,41,51)(H,43,50,52)(H,39,40,42,44). The Morgan fingerprint density at radius 2 is 1.58 bits per heavy atom. The highest BCUT2D eigenvalue weighted by Gasteiger charge is 2.34. The molecule has 1 atom stereocenters. The Kier molecular flexibility index (Phi) is 9.37. The molecule has 1 unspecified atom stereocenters. The van der Waals surface area contributed by atoms with Gasteiger partial charge >= 0.3 is 0 Å². The first-order chi connectivity index (χ1) is 25.7. The van der Waals surface area contributed by atoms with Gasteiger partial charge in [-0.1, -0.05) is 12.8 Å². The van der Waals surface area contributed by atoms with Crippen LogP contribution in [-0.4, -0.2) is 123 Å². The number of carbonyl (C=O) groups excluding carboxylic acids is 4. The van der Waals surface area contributed by atoms with Crippen LogP contribution in [0.5, 0.6) is 0 Å². The van der Waals surface area contributed by atoms with Gasteiger partial charge in [-0.25, -0.2) is 15.0 Å². The number of nitrogens with zero attached hydrogens (tertiary/aromatic N) is 9. The number of nitrogens with one attached hydrogen (secondary N) is 3. The molecule has 3 N–H and O–H groups in total. The quantitative estimate of drug-likeness (QED) is 0.216. The van der Waals surface area contributed by atoms with E-state index >= 15 is 0 Å². The lowest BCUT2D eigenvalue weighted by atomic mass is 10.0. The fourth-order valence-electron chi connectivity index (χ4n) is 7.77. The minimum atomic E-state index is -0.731. The Bertz CT molecular complexity index is 2010. The molecule has 4 aromatic rings. The summed E-state index contributed by atoms with van der Waals surface area (Å²) in [5, 5.41) is 9.04. The third kappa shape index (κ3) is 7.10. The number of rotatable bonds is 9. The van der Waals surface area contributed by atoms with Crippen LogP contribution >= 0.6 is 0 Å². The number of fused-ring (bicyclic) bond motifs is 1. The van der Waals surface area contributed by atoms with Crippen molar-refractivity contribution in [1.82, 2.24) is 44.9 Å². The third-order valence-electron chi connectivity index (χ3n) is 10.8. The average molecular weight is 721 g/mol. The SMILES string of the molecule is CN(C)C(=O)c1cc2cnc(Nc3ccc(N4CCN(C5CN(c6ccc(C(=O)NC7CCC(=O)NC7=O)nc6)C5)CC4)cn3)nc2n1C1CCCC1.